The highest BCUT2D eigenvalue weighted by Crippen LogP contribution is 2.01. The number of carbonyl (C=O) groups is 1. The molecule has 0 spiro atoms. The molecule has 2 aromatic rings. The molecule has 2 amide bonds. The molecular formula is C11H12ClN3O2. The van der Waals surface area contributed by atoms with Crippen molar-refractivity contribution >= 4 is 24.5 Å². The lowest BCUT2D eigenvalue weighted by Gasteiger charge is -2.04. The third-order valence-corrected chi connectivity index (χ3v) is 1.95. The minimum absolute atomic E-state index is 0. The van der Waals surface area contributed by atoms with Gasteiger partial charge < -0.3 is 9.73 Å². The molecular weight excluding hydrogens is 242 g/mol. The highest BCUT2D eigenvalue weighted by molar-refractivity contribution is 5.86. The number of aromatic nitrogens is 1. The highest BCUT2D eigenvalue weighted by atomic mass is 35.5. The van der Waals surface area contributed by atoms with E-state index in [-0.39, 0.29) is 24.5 Å². The van der Waals surface area contributed by atoms with Gasteiger partial charge in [-0.1, -0.05) is 30.3 Å². The molecule has 17 heavy (non-hydrogen) atoms. The summed E-state index contributed by atoms with van der Waals surface area (Å²) in [5.41, 5.74) is 1.03. The van der Waals surface area contributed by atoms with Crippen molar-refractivity contribution in [2.45, 2.75) is 6.54 Å². The summed E-state index contributed by atoms with van der Waals surface area (Å²) in [6.07, 6.45) is 2.86. The van der Waals surface area contributed by atoms with E-state index >= 15 is 0 Å². The Hall–Kier alpha value is -2.01. The fourth-order valence-corrected chi connectivity index (χ4v) is 1.20. The molecule has 90 valence electrons. The molecule has 1 aromatic heterocycles. The quantitative estimate of drug-likeness (QED) is 0.883. The van der Waals surface area contributed by atoms with Crippen molar-refractivity contribution in [3.63, 3.8) is 0 Å². The van der Waals surface area contributed by atoms with E-state index in [4.69, 9.17) is 4.42 Å². The number of urea groups is 1. The van der Waals surface area contributed by atoms with E-state index in [1.807, 2.05) is 30.3 Å². The number of halogens is 1. The molecule has 0 bridgehead atoms. The van der Waals surface area contributed by atoms with Gasteiger partial charge in [-0.2, -0.15) is 0 Å². The zero-order chi connectivity index (χ0) is 11.2. The Morgan fingerprint density at radius 1 is 1.29 bits per heavy atom. The van der Waals surface area contributed by atoms with Crippen LogP contribution in [-0.2, 0) is 6.54 Å². The van der Waals surface area contributed by atoms with Crippen molar-refractivity contribution in [2.24, 2.45) is 0 Å². The number of carbonyl (C=O) groups excluding carboxylic acids is 1. The van der Waals surface area contributed by atoms with Crippen molar-refractivity contribution in [2.75, 3.05) is 5.32 Å². The summed E-state index contributed by atoms with van der Waals surface area (Å²) >= 11 is 0. The summed E-state index contributed by atoms with van der Waals surface area (Å²) in [5, 5.41) is 5.15. The number of rotatable bonds is 3. The Bertz CT molecular complexity index is 445. The van der Waals surface area contributed by atoms with Crippen molar-refractivity contribution < 1.29 is 9.21 Å². The Morgan fingerprint density at radius 2 is 2.06 bits per heavy atom. The molecule has 0 fully saturated rings. The van der Waals surface area contributed by atoms with Gasteiger partial charge in [0.25, 0.3) is 0 Å². The fraction of sp³-hybridized carbons (Fsp3) is 0.0909. The third kappa shape index (κ3) is 4.16. The number of benzene rings is 1. The number of anilines is 1. The smallest absolute Gasteiger partial charge is 0.323 e. The second-order valence-corrected chi connectivity index (χ2v) is 3.13. The average Bonchev–Trinajstić information content (AvgIpc) is 2.81. The topological polar surface area (TPSA) is 67.2 Å². The highest BCUT2D eigenvalue weighted by Gasteiger charge is 2.03. The van der Waals surface area contributed by atoms with Gasteiger partial charge in [0.15, 0.2) is 0 Å². The van der Waals surface area contributed by atoms with E-state index in [0.29, 0.717) is 6.54 Å². The Kier molecular flexibility index (Phi) is 5.03. The van der Waals surface area contributed by atoms with Gasteiger partial charge in [0.2, 0.25) is 0 Å². The first-order valence-corrected chi connectivity index (χ1v) is 4.83. The van der Waals surface area contributed by atoms with E-state index in [9.17, 15) is 4.79 Å². The predicted molar refractivity (Wildman–Crippen MR) is 66.1 cm³/mol. The number of hydrogen-bond donors (Lipinski definition) is 2. The molecule has 2 N–H and O–H groups in total. The van der Waals surface area contributed by atoms with Gasteiger partial charge in [0.1, 0.15) is 6.26 Å². The second kappa shape index (κ2) is 6.55. The Morgan fingerprint density at radius 3 is 2.71 bits per heavy atom. The van der Waals surface area contributed by atoms with Gasteiger partial charge in [-0.15, -0.1) is 12.4 Å². The lowest BCUT2D eigenvalue weighted by atomic mass is 10.2. The zero-order valence-corrected chi connectivity index (χ0v) is 9.74. The van der Waals surface area contributed by atoms with Crippen LogP contribution in [0, 0.1) is 0 Å². The van der Waals surface area contributed by atoms with Gasteiger partial charge in [-0.25, -0.2) is 9.78 Å². The molecule has 2 rings (SSSR count). The summed E-state index contributed by atoms with van der Waals surface area (Å²) in [7, 11) is 0. The molecule has 0 saturated carbocycles. The number of oxazole rings is 1. The first kappa shape index (κ1) is 13.1. The maximum atomic E-state index is 11.4. The first-order valence-electron chi connectivity index (χ1n) is 4.83. The fourth-order valence-electron chi connectivity index (χ4n) is 1.20. The number of hydrogen-bond acceptors (Lipinski definition) is 3. The van der Waals surface area contributed by atoms with Crippen LogP contribution in [0.5, 0.6) is 0 Å². The molecule has 6 heteroatoms. The molecule has 0 aliphatic carbocycles. The lowest BCUT2D eigenvalue weighted by Crippen LogP contribution is -2.28. The standard InChI is InChI=1S/C11H11N3O2.ClH/c15-10(14-11-12-6-7-16-11)13-8-9-4-2-1-3-5-9;/h1-7H,8H2,(H2,12,13,14,15);1H. The van der Waals surface area contributed by atoms with Crippen LogP contribution in [-0.4, -0.2) is 11.0 Å². The molecule has 0 atom stereocenters. The monoisotopic (exact) mass is 253 g/mol. The predicted octanol–water partition coefficient (Wildman–Crippen LogP) is 2.42. The van der Waals surface area contributed by atoms with Crippen molar-refractivity contribution in [3.05, 3.63) is 48.4 Å². The van der Waals surface area contributed by atoms with Crippen molar-refractivity contribution in [1.82, 2.24) is 10.3 Å². The van der Waals surface area contributed by atoms with Crippen LogP contribution >= 0.6 is 12.4 Å². The molecule has 0 aliphatic heterocycles. The van der Waals surface area contributed by atoms with Gasteiger partial charge in [0.05, 0.1) is 6.20 Å². The Labute approximate surface area is 105 Å². The van der Waals surface area contributed by atoms with E-state index in [0.717, 1.165) is 5.56 Å². The number of nitrogens with zero attached hydrogens (tertiary/aromatic N) is 1. The summed E-state index contributed by atoms with van der Waals surface area (Å²) in [5.74, 6) is 0. The lowest BCUT2D eigenvalue weighted by molar-refractivity contribution is 0.251. The van der Waals surface area contributed by atoms with Crippen molar-refractivity contribution in [3.8, 4) is 0 Å². The van der Waals surface area contributed by atoms with Crippen LogP contribution in [0.15, 0.2) is 47.2 Å². The van der Waals surface area contributed by atoms with Gasteiger partial charge in [0, 0.05) is 6.54 Å². The van der Waals surface area contributed by atoms with Crippen LogP contribution in [0.2, 0.25) is 0 Å². The van der Waals surface area contributed by atoms with Gasteiger partial charge in [-0.05, 0) is 5.56 Å². The zero-order valence-electron chi connectivity index (χ0n) is 8.92. The molecule has 1 heterocycles. The maximum Gasteiger partial charge on any atom is 0.323 e. The van der Waals surface area contributed by atoms with E-state index in [1.165, 1.54) is 12.5 Å². The van der Waals surface area contributed by atoms with Crippen LogP contribution in [0.25, 0.3) is 0 Å². The summed E-state index contributed by atoms with van der Waals surface area (Å²) in [6.45, 7) is 0.466. The molecule has 0 aliphatic rings. The van der Waals surface area contributed by atoms with Crippen LogP contribution in [0.4, 0.5) is 10.8 Å². The second-order valence-electron chi connectivity index (χ2n) is 3.13. The van der Waals surface area contributed by atoms with E-state index in [2.05, 4.69) is 15.6 Å². The largest absolute Gasteiger partial charge is 0.432 e. The van der Waals surface area contributed by atoms with Crippen LogP contribution in [0.1, 0.15) is 5.56 Å². The SMILES string of the molecule is Cl.O=C(NCc1ccccc1)Nc1ncco1. The maximum absolute atomic E-state index is 11.4. The van der Waals surface area contributed by atoms with E-state index in [1.54, 1.807) is 0 Å². The van der Waals surface area contributed by atoms with Crippen LogP contribution in [0.3, 0.4) is 0 Å². The first-order chi connectivity index (χ1) is 7.84. The molecule has 0 unspecified atom stereocenters. The normalized spacial score (nSPS) is 9.18. The molecule has 0 saturated heterocycles. The van der Waals surface area contributed by atoms with Gasteiger partial charge >= 0.3 is 12.0 Å². The minimum Gasteiger partial charge on any atom is -0.432 e. The molecule has 0 radical (unpaired) electrons. The summed E-state index contributed by atoms with van der Waals surface area (Å²) < 4.78 is 4.87. The van der Waals surface area contributed by atoms with E-state index < -0.39 is 0 Å². The average molecular weight is 254 g/mol. The van der Waals surface area contributed by atoms with Crippen molar-refractivity contribution in [1.29, 1.82) is 0 Å². The summed E-state index contributed by atoms with van der Waals surface area (Å²) in [4.78, 5) is 15.1. The van der Waals surface area contributed by atoms with Crippen LogP contribution < -0.4 is 10.6 Å². The van der Waals surface area contributed by atoms with Gasteiger partial charge in [-0.3, -0.25) is 5.32 Å². The minimum atomic E-state index is -0.341. The Balaban J connectivity index is 0.00000144. The molecule has 5 nitrogen and oxygen atoms in total. The third-order valence-electron chi connectivity index (χ3n) is 1.95. The number of nitrogens with one attached hydrogen (secondary N) is 2. The number of amides is 2. The molecule has 1 aromatic carbocycles. The summed E-state index contributed by atoms with van der Waals surface area (Å²) in [6, 6.07) is 9.48.